The van der Waals surface area contributed by atoms with Crippen molar-refractivity contribution in [1.29, 1.82) is 0 Å². The largest absolute Gasteiger partial charge is 0.357 e. The predicted molar refractivity (Wildman–Crippen MR) is 118 cm³/mol. The first-order valence-electron chi connectivity index (χ1n) is 7.87. The Hall–Kier alpha value is -0.480. The maximum Gasteiger partial charge on any atom is 0.261 e. The van der Waals surface area contributed by atoms with Gasteiger partial charge in [-0.15, -0.1) is 35.3 Å². The smallest absolute Gasteiger partial charge is 0.261 e. The lowest BCUT2D eigenvalue weighted by Gasteiger charge is -2.20. The van der Waals surface area contributed by atoms with E-state index in [2.05, 4.69) is 48.0 Å². The van der Waals surface area contributed by atoms with Crippen LogP contribution in [0.25, 0.3) is 0 Å². The summed E-state index contributed by atoms with van der Waals surface area (Å²) in [7, 11) is 0. The number of thioether (sulfide) groups is 1. The van der Waals surface area contributed by atoms with Gasteiger partial charge in [0, 0.05) is 24.4 Å². The van der Waals surface area contributed by atoms with Crippen molar-refractivity contribution in [2.75, 3.05) is 32.4 Å². The van der Waals surface area contributed by atoms with Gasteiger partial charge in [-0.1, -0.05) is 6.07 Å². The van der Waals surface area contributed by atoms with Gasteiger partial charge in [0.05, 0.1) is 11.4 Å². The average Bonchev–Trinajstić information content (AvgIpc) is 3.06. The van der Waals surface area contributed by atoms with Gasteiger partial charge in [0.2, 0.25) is 0 Å². The van der Waals surface area contributed by atoms with Crippen LogP contribution in [0.5, 0.6) is 0 Å². The quantitative estimate of drug-likeness (QED) is 0.218. The third-order valence-electron chi connectivity index (χ3n) is 3.19. The summed E-state index contributed by atoms with van der Waals surface area (Å²) >= 11 is 3.27. The lowest BCUT2D eigenvalue weighted by molar-refractivity contribution is 0.0957. The molecule has 0 atom stereocenters. The molecule has 8 heteroatoms. The minimum Gasteiger partial charge on any atom is -0.357 e. The van der Waals surface area contributed by atoms with E-state index in [9.17, 15) is 4.79 Å². The Bertz CT molecular complexity index is 492. The van der Waals surface area contributed by atoms with E-state index in [4.69, 9.17) is 0 Å². The Morgan fingerprint density at radius 3 is 2.58 bits per heavy atom. The predicted octanol–water partition coefficient (Wildman–Crippen LogP) is 3.18. The molecule has 0 aliphatic heterocycles. The number of nitrogens with one attached hydrogen (secondary N) is 3. The van der Waals surface area contributed by atoms with E-state index < -0.39 is 0 Å². The molecule has 0 saturated heterocycles. The number of carbonyl (C=O) groups excluding carboxylic acids is 1. The maximum atomic E-state index is 11.8. The van der Waals surface area contributed by atoms with Crippen LogP contribution in [0.2, 0.25) is 0 Å². The van der Waals surface area contributed by atoms with Gasteiger partial charge in [-0.25, -0.2) is 0 Å². The van der Waals surface area contributed by atoms with E-state index in [1.807, 2.05) is 29.3 Å². The van der Waals surface area contributed by atoms with Crippen molar-refractivity contribution in [1.82, 2.24) is 16.0 Å². The SMILES string of the molecule is CCNC(=NCC(C)(C)SC)NCCCNC(=O)c1cccs1.I. The summed E-state index contributed by atoms with van der Waals surface area (Å²) in [4.78, 5) is 17.2. The molecule has 0 fully saturated rings. The van der Waals surface area contributed by atoms with E-state index in [1.165, 1.54) is 11.3 Å². The monoisotopic (exact) mass is 484 g/mol. The third-order valence-corrected chi connectivity index (χ3v) is 5.29. The van der Waals surface area contributed by atoms with Gasteiger partial charge >= 0.3 is 0 Å². The van der Waals surface area contributed by atoms with Crippen molar-refractivity contribution < 1.29 is 4.79 Å². The van der Waals surface area contributed by atoms with Crippen LogP contribution in [-0.2, 0) is 0 Å². The summed E-state index contributed by atoms with van der Waals surface area (Å²) in [5.41, 5.74) is 0. The molecule has 0 spiro atoms. The van der Waals surface area contributed by atoms with E-state index in [1.54, 1.807) is 0 Å². The summed E-state index contributed by atoms with van der Waals surface area (Å²) in [6, 6.07) is 3.72. The van der Waals surface area contributed by atoms with E-state index >= 15 is 0 Å². The molecule has 5 nitrogen and oxygen atoms in total. The Balaban J connectivity index is 0.00000529. The number of nitrogens with zero attached hydrogens (tertiary/aromatic N) is 1. The van der Waals surface area contributed by atoms with Crippen molar-refractivity contribution >= 4 is 58.9 Å². The van der Waals surface area contributed by atoms with Crippen LogP contribution in [0.3, 0.4) is 0 Å². The third kappa shape index (κ3) is 9.73. The highest BCUT2D eigenvalue weighted by Gasteiger charge is 2.15. The fraction of sp³-hybridized carbons (Fsp3) is 0.625. The number of amides is 1. The van der Waals surface area contributed by atoms with Crippen LogP contribution in [-0.4, -0.2) is 49.0 Å². The molecule has 0 radical (unpaired) electrons. The lowest BCUT2D eigenvalue weighted by Crippen LogP contribution is -2.39. The highest BCUT2D eigenvalue weighted by molar-refractivity contribution is 14.0. The minimum atomic E-state index is 0. The molecule has 1 aromatic rings. The summed E-state index contributed by atoms with van der Waals surface area (Å²) in [6.07, 6.45) is 2.96. The molecule has 1 rings (SSSR count). The Morgan fingerprint density at radius 2 is 2.00 bits per heavy atom. The highest BCUT2D eigenvalue weighted by atomic mass is 127. The van der Waals surface area contributed by atoms with Crippen LogP contribution in [0, 0.1) is 0 Å². The van der Waals surface area contributed by atoms with Crippen molar-refractivity contribution in [3.05, 3.63) is 22.4 Å². The zero-order valence-electron chi connectivity index (χ0n) is 14.8. The molecule has 3 N–H and O–H groups in total. The molecule has 1 heterocycles. The number of carbonyl (C=O) groups is 1. The molecular weight excluding hydrogens is 455 g/mol. The first-order valence-corrected chi connectivity index (χ1v) is 9.98. The summed E-state index contributed by atoms with van der Waals surface area (Å²) in [5.74, 6) is 0.835. The highest BCUT2D eigenvalue weighted by Crippen LogP contribution is 2.20. The molecule has 0 aromatic carbocycles. The first-order chi connectivity index (χ1) is 11.0. The topological polar surface area (TPSA) is 65.5 Å². The second-order valence-corrected chi connectivity index (χ2v) is 8.13. The van der Waals surface area contributed by atoms with Crippen LogP contribution in [0.4, 0.5) is 0 Å². The Kier molecular flexibility index (Phi) is 12.6. The van der Waals surface area contributed by atoms with Crippen molar-refractivity contribution in [2.24, 2.45) is 4.99 Å². The number of guanidine groups is 1. The van der Waals surface area contributed by atoms with Crippen LogP contribution < -0.4 is 16.0 Å². The van der Waals surface area contributed by atoms with E-state index in [0.717, 1.165) is 36.9 Å². The zero-order valence-corrected chi connectivity index (χ0v) is 18.8. The van der Waals surface area contributed by atoms with Crippen LogP contribution in [0.15, 0.2) is 22.5 Å². The second kappa shape index (κ2) is 12.8. The summed E-state index contributed by atoms with van der Waals surface area (Å²) in [6.45, 7) is 9.45. The molecule has 0 aliphatic rings. The average molecular weight is 484 g/mol. The number of hydrogen-bond donors (Lipinski definition) is 3. The Morgan fingerprint density at radius 1 is 1.29 bits per heavy atom. The molecule has 1 aromatic heterocycles. The van der Waals surface area contributed by atoms with Gasteiger partial charge in [0.1, 0.15) is 0 Å². The molecule has 0 bridgehead atoms. The minimum absolute atomic E-state index is 0. The second-order valence-electron chi connectivity index (χ2n) is 5.67. The van der Waals surface area contributed by atoms with Crippen molar-refractivity contribution in [3.8, 4) is 0 Å². The van der Waals surface area contributed by atoms with Crippen molar-refractivity contribution in [2.45, 2.75) is 31.9 Å². The van der Waals surface area contributed by atoms with Crippen LogP contribution in [0.1, 0.15) is 36.9 Å². The summed E-state index contributed by atoms with van der Waals surface area (Å²) < 4.78 is 0.136. The first kappa shape index (κ1) is 23.5. The molecule has 0 unspecified atom stereocenters. The van der Waals surface area contributed by atoms with Gasteiger partial charge < -0.3 is 16.0 Å². The van der Waals surface area contributed by atoms with Crippen LogP contribution >= 0.6 is 47.1 Å². The van der Waals surface area contributed by atoms with Gasteiger partial charge in [-0.3, -0.25) is 9.79 Å². The molecule has 1 amide bonds. The molecule has 0 aliphatic carbocycles. The number of halogens is 1. The standard InChI is InChI=1S/C16H28N4OS2.HI/c1-5-17-15(20-12-16(2,3)22-4)19-10-7-9-18-14(21)13-8-6-11-23-13;/h6,8,11H,5,7,9-10,12H2,1-4H3,(H,18,21)(H2,17,19,20);1H. The Labute approximate surface area is 170 Å². The zero-order chi connectivity index (χ0) is 17.1. The fourth-order valence-electron chi connectivity index (χ4n) is 1.67. The number of thiophene rings is 1. The van der Waals surface area contributed by atoms with Gasteiger partial charge in [0.25, 0.3) is 5.91 Å². The fourth-order valence-corrected chi connectivity index (χ4v) is 2.50. The lowest BCUT2D eigenvalue weighted by atomic mass is 10.2. The molecule has 0 saturated carbocycles. The van der Waals surface area contributed by atoms with Gasteiger partial charge in [-0.2, -0.15) is 11.8 Å². The molecule has 24 heavy (non-hydrogen) atoms. The van der Waals surface area contributed by atoms with E-state index in [-0.39, 0.29) is 34.6 Å². The normalized spacial score (nSPS) is 11.6. The van der Waals surface area contributed by atoms with Gasteiger partial charge in [-0.05, 0) is 44.9 Å². The number of rotatable bonds is 9. The van der Waals surface area contributed by atoms with E-state index in [0.29, 0.717) is 6.54 Å². The maximum absolute atomic E-state index is 11.8. The number of hydrogen-bond acceptors (Lipinski definition) is 4. The van der Waals surface area contributed by atoms with Crippen molar-refractivity contribution in [3.63, 3.8) is 0 Å². The summed E-state index contributed by atoms with van der Waals surface area (Å²) in [5, 5.41) is 11.4. The number of aliphatic imine (C=N–C) groups is 1. The molecular formula is C16H29IN4OS2. The molecule has 138 valence electrons. The van der Waals surface area contributed by atoms with Gasteiger partial charge in [0.15, 0.2) is 5.96 Å².